The highest BCUT2D eigenvalue weighted by Crippen LogP contribution is 2.34. The molecule has 0 aliphatic rings. The molecule has 0 N–H and O–H groups in total. The zero-order valence-electron chi connectivity index (χ0n) is 18.0. The lowest BCUT2D eigenvalue weighted by Crippen LogP contribution is -2.35. The van der Waals surface area contributed by atoms with Crippen molar-refractivity contribution in [2.45, 2.75) is 18.4 Å². The third-order valence-electron chi connectivity index (χ3n) is 5.09. The molecule has 6 nitrogen and oxygen atoms in total. The van der Waals surface area contributed by atoms with Crippen LogP contribution in [0.15, 0.2) is 71.6 Å². The van der Waals surface area contributed by atoms with Crippen LogP contribution < -0.4 is 9.64 Å². The number of ether oxygens (including phenoxy) is 1. The Hall–Kier alpha value is -2.94. The molecule has 0 fully saturated rings. The number of hydrogen-bond donors (Lipinski definition) is 0. The first-order valence-electron chi connectivity index (χ1n) is 10.0. The van der Waals surface area contributed by atoms with Gasteiger partial charge in [0.05, 0.1) is 28.8 Å². The summed E-state index contributed by atoms with van der Waals surface area (Å²) in [6, 6.07) is 19.0. The number of carbonyl (C=O) groups excluding carboxylic acids is 1. The Balaban J connectivity index is 1.70. The molecule has 4 aromatic rings. The molecule has 0 saturated carbocycles. The van der Waals surface area contributed by atoms with Gasteiger partial charge >= 0.3 is 0 Å². The number of thiazole rings is 1. The summed E-state index contributed by atoms with van der Waals surface area (Å²) in [4.78, 5) is 19.5. The van der Waals surface area contributed by atoms with Gasteiger partial charge in [-0.05, 0) is 54.4 Å². The van der Waals surface area contributed by atoms with E-state index >= 15 is 0 Å². The Morgan fingerprint density at radius 1 is 1.09 bits per heavy atom. The van der Waals surface area contributed by atoms with Crippen molar-refractivity contribution in [1.82, 2.24) is 4.98 Å². The van der Waals surface area contributed by atoms with Gasteiger partial charge in [0.2, 0.25) is 5.91 Å². The fraction of sp³-hybridized carbons (Fsp3) is 0.167. The Morgan fingerprint density at radius 2 is 1.79 bits per heavy atom. The first-order valence-corrected chi connectivity index (χ1v) is 12.9. The number of benzene rings is 3. The molecule has 1 amide bonds. The monoisotopic (exact) mass is 500 g/mol. The number of hydrogen-bond acceptors (Lipinski definition) is 6. The van der Waals surface area contributed by atoms with E-state index in [1.165, 1.54) is 35.5 Å². The van der Waals surface area contributed by atoms with E-state index in [9.17, 15) is 13.2 Å². The number of nitrogens with zero attached hydrogens (tertiary/aromatic N) is 2. The molecule has 3 aromatic carbocycles. The summed E-state index contributed by atoms with van der Waals surface area (Å²) < 4.78 is 31.9. The molecule has 0 aliphatic carbocycles. The number of methoxy groups -OCH3 is 1. The third-order valence-corrected chi connectivity index (χ3v) is 7.95. The summed E-state index contributed by atoms with van der Waals surface area (Å²) in [5, 5.41) is 1.01. The average molecular weight is 501 g/mol. The van der Waals surface area contributed by atoms with Gasteiger partial charge in [0.25, 0.3) is 0 Å². The topological polar surface area (TPSA) is 76.6 Å². The van der Waals surface area contributed by atoms with E-state index in [1.807, 2.05) is 43.3 Å². The zero-order valence-corrected chi connectivity index (χ0v) is 20.4. The van der Waals surface area contributed by atoms with Crippen molar-refractivity contribution in [3.63, 3.8) is 0 Å². The van der Waals surface area contributed by atoms with Gasteiger partial charge in [0.1, 0.15) is 11.5 Å². The fourth-order valence-electron chi connectivity index (χ4n) is 3.39. The van der Waals surface area contributed by atoms with Crippen molar-refractivity contribution < 1.29 is 17.9 Å². The predicted octanol–water partition coefficient (Wildman–Crippen LogP) is 5.27. The van der Waals surface area contributed by atoms with Crippen molar-refractivity contribution in [3.8, 4) is 5.75 Å². The van der Waals surface area contributed by atoms with Gasteiger partial charge in [-0.2, -0.15) is 0 Å². The molecular weight excluding hydrogens is 480 g/mol. The van der Waals surface area contributed by atoms with Crippen molar-refractivity contribution in [1.29, 1.82) is 0 Å². The van der Waals surface area contributed by atoms with Crippen LogP contribution >= 0.6 is 22.9 Å². The third kappa shape index (κ3) is 5.19. The average Bonchev–Trinajstić information content (AvgIpc) is 3.22. The quantitative estimate of drug-likeness (QED) is 0.345. The number of anilines is 1. The second kappa shape index (κ2) is 9.51. The fourth-order valence-corrected chi connectivity index (χ4v) is 6.03. The van der Waals surface area contributed by atoms with Crippen molar-refractivity contribution in [2.75, 3.05) is 17.8 Å². The van der Waals surface area contributed by atoms with Crippen LogP contribution in [-0.2, 0) is 21.2 Å². The minimum atomic E-state index is -3.87. The number of amides is 1. The van der Waals surface area contributed by atoms with Crippen LogP contribution in [0.3, 0.4) is 0 Å². The zero-order chi connectivity index (χ0) is 23.6. The molecule has 0 spiro atoms. The van der Waals surface area contributed by atoms with Crippen molar-refractivity contribution >= 4 is 54.0 Å². The Kier molecular flexibility index (Phi) is 6.69. The smallest absolute Gasteiger partial charge is 0.244 e. The largest absolute Gasteiger partial charge is 0.497 e. The van der Waals surface area contributed by atoms with Gasteiger partial charge in [0.15, 0.2) is 15.0 Å². The SMILES string of the molecule is COc1ccc(S(=O)(=O)CC(=O)N(Cc2ccccc2)c2nc3c(C)cc(Cl)cc3s2)cc1. The predicted molar refractivity (Wildman–Crippen MR) is 132 cm³/mol. The first kappa shape index (κ1) is 23.2. The van der Waals surface area contributed by atoms with Gasteiger partial charge in [-0.15, -0.1) is 0 Å². The Morgan fingerprint density at radius 3 is 2.45 bits per heavy atom. The van der Waals surface area contributed by atoms with E-state index in [0.717, 1.165) is 21.3 Å². The molecule has 1 aromatic heterocycles. The number of aromatic nitrogens is 1. The number of fused-ring (bicyclic) bond motifs is 1. The normalized spacial score (nSPS) is 11.5. The molecule has 170 valence electrons. The lowest BCUT2D eigenvalue weighted by Gasteiger charge is -2.20. The van der Waals surface area contributed by atoms with Gasteiger partial charge in [-0.3, -0.25) is 9.69 Å². The first-order chi connectivity index (χ1) is 15.8. The standard InChI is InChI=1S/C24H21ClN2O4S2/c1-16-12-18(25)13-21-23(16)26-24(32-21)27(14-17-6-4-3-5-7-17)22(28)15-33(29,30)20-10-8-19(31-2)9-11-20/h3-13H,14-15H2,1-2H3. The maximum atomic E-state index is 13.4. The molecule has 4 rings (SSSR count). The second-order valence-electron chi connectivity index (χ2n) is 7.47. The summed E-state index contributed by atoms with van der Waals surface area (Å²) in [6.07, 6.45) is 0. The molecule has 0 unspecified atom stereocenters. The highest BCUT2D eigenvalue weighted by molar-refractivity contribution is 7.92. The lowest BCUT2D eigenvalue weighted by molar-refractivity contribution is -0.116. The molecule has 0 saturated heterocycles. The summed E-state index contributed by atoms with van der Waals surface area (Å²) in [5.74, 6) is -0.700. The maximum Gasteiger partial charge on any atom is 0.244 e. The minimum absolute atomic E-state index is 0.0586. The van der Waals surface area contributed by atoms with Crippen LogP contribution in [0.4, 0.5) is 5.13 Å². The van der Waals surface area contributed by atoms with E-state index in [4.69, 9.17) is 16.3 Å². The van der Waals surface area contributed by atoms with Crippen molar-refractivity contribution in [2.24, 2.45) is 0 Å². The van der Waals surface area contributed by atoms with Crippen LogP contribution in [-0.4, -0.2) is 32.2 Å². The van der Waals surface area contributed by atoms with Crippen molar-refractivity contribution in [3.05, 3.63) is 82.9 Å². The highest BCUT2D eigenvalue weighted by Gasteiger charge is 2.27. The second-order valence-corrected chi connectivity index (χ2v) is 10.9. The number of halogens is 1. The van der Waals surface area contributed by atoms with Crippen LogP contribution in [0.25, 0.3) is 10.2 Å². The van der Waals surface area contributed by atoms with Crippen LogP contribution in [0.5, 0.6) is 5.75 Å². The Bertz CT molecular complexity index is 1400. The molecule has 0 aliphatic heterocycles. The summed E-state index contributed by atoms with van der Waals surface area (Å²) in [6.45, 7) is 2.10. The van der Waals surface area contributed by atoms with E-state index in [-0.39, 0.29) is 11.4 Å². The number of rotatable bonds is 7. The number of sulfone groups is 1. The van der Waals surface area contributed by atoms with E-state index < -0.39 is 21.5 Å². The Labute approximate surface area is 201 Å². The minimum Gasteiger partial charge on any atom is -0.497 e. The van der Waals surface area contributed by atoms with Gasteiger partial charge in [-0.1, -0.05) is 53.3 Å². The summed E-state index contributed by atoms with van der Waals surface area (Å²) in [7, 11) is -2.36. The van der Waals surface area contributed by atoms with Crippen LogP contribution in [0.1, 0.15) is 11.1 Å². The summed E-state index contributed by atoms with van der Waals surface area (Å²) >= 11 is 7.50. The van der Waals surface area contributed by atoms with Gasteiger partial charge in [-0.25, -0.2) is 13.4 Å². The van der Waals surface area contributed by atoms with Gasteiger partial charge in [0, 0.05) is 5.02 Å². The van der Waals surface area contributed by atoms with Crippen LogP contribution in [0.2, 0.25) is 5.02 Å². The molecule has 1 heterocycles. The van der Waals surface area contributed by atoms with Gasteiger partial charge < -0.3 is 4.74 Å². The molecular formula is C24H21ClN2O4S2. The molecule has 0 radical (unpaired) electrons. The molecule has 0 atom stereocenters. The number of aryl methyl sites for hydroxylation is 1. The lowest BCUT2D eigenvalue weighted by atomic mass is 10.2. The van der Waals surface area contributed by atoms with Crippen LogP contribution in [0, 0.1) is 6.92 Å². The van der Waals surface area contributed by atoms with E-state index in [1.54, 1.807) is 18.2 Å². The maximum absolute atomic E-state index is 13.4. The van der Waals surface area contributed by atoms with E-state index in [2.05, 4.69) is 4.98 Å². The number of carbonyl (C=O) groups is 1. The molecule has 33 heavy (non-hydrogen) atoms. The molecule has 9 heteroatoms. The van der Waals surface area contributed by atoms with E-state index in [0.29, 0.717) is 15.9 Å². The summed E-state index contributed by atoms with van der Waals surface area (Å²) in [5.41, 5.74) is 2.49. The highest BCUT2D eigenvalue weighted by atomic mass is 35.5. The molecule has 0 bridgehead atoms.